The molecule has 1 unspecified atom stereocenters. The zero-order chi connectivity index (χ0) is 30.9. The third kappa shape index (κ3) is 11.4. The molecule has 10 nitrogen and oxygen atoms in total. The van der Waals surface area contributed by atoms with Crippen molar-refractivity contribution in [3.8, 4) is 0 Å². The quantitative estimate of drug-likeness (QED) is 0.264. The molecule has 0 heterocycles. The van der Waals surface area contributed by atoms with Gasteiger partial charge in [0.15, 0.2) is 9.84 Å². The van der Waals surface area contributed by atoms with Gasteiger partial charge in [-0.05, 0) is 63.5 Å². The maximum atomic E-state index is 13.7. The Balaban J connectivity index is 3.27. The number of hydrogen-bond acceptors (Lipinski definition) is 8. The number of benzene rings is 1. The predicted octanol–water partition coefficient (Wildman–Crippen LogP) is 3.80. The van der Waals surface area contributed by atoms with Crippen LogP contribution in [0.3, 0.4) is 0 Å². The zero-order valence-corrected chi connectivity index (χ0v) is 26.3. The third-order valence-electron chi connectivity index (χ3n) is 6.69. The van der Waals surface area contributed by atoms with Gasteiger partial charge in [0.25, 0.3) is 0 Å². The van der Waals surface area contributed by atoms with E-state index in [0.29, 0.717) is 31.2 Å². The lowest BCUT2D eigenvalue weighted by molar-refractivity contribution is -0.144. The van der Waals surface area contributed by atoms with E-state index in [-0.39, 0.29) is 23.4 Å². The van der Waals surface area contributed by atoms with E-state index >= 15 is 0 Å². The molecule has 0 aromatic heterocycles. The van der Waals surface area contributed by atoms with Crippen LogP contribution >= 0.6 is 0 Å². The summed E-state index contributed by atoms with van der Waals surface area (Å²) in [4.78, 5) is 38.2. The van der Waals surface area contributed by atoms with Crippen molar-refractivity contribution >= 4 is 27.8 Å². The first-order valence-electron chi connectivity index (χ1n) is 13.5. The molecule has 1 aromatic carbocycles. The summed E-state index contributed by atoms with van der Waals surface area (Å²) in [7, 11) is -0.661. The molecule has 228 valence electrons. The maximum absolute atomic E-state index is 13.7. The van der Waals surface area contributed by atoms with Gasteiger partial charge in [-0.2, -0.15) is 0 Å². The zero-order valence-electron chi connectivity index (χ0n) is 25.5. The number of nitrogens with zero attached hydrogens (tertiary/aromatic N) is 1. The van der Waals surface area contributed by atoms with Gasteiger partial charge in [0.2, 0.25) is 5.91 Å². The lowest BCUT2D eigenvalue weighted by atomic mass is 9.75. The van der Waals surface area contributed by atoms with Crippen LogP contribution in [0.1, 0.15) is 78.9 Å². The lowest BCUT2D eigenvalue weighted by Gasteiger charge is -2.33. The van der Waals surface area contributed by atoms with Gasteiger partial charge in [-0.25, -0.2) is 18.2 Å². The van der Waals surface area contributed by atoms with Crippen molar-refractivity contribution in [1.82, 2.24) is 10.4 Å². The number of sulfone groups is 1. The number of esters is 1. The molecule has 1 aromatic rings. The number of hydrogen-bond donors (Lipinski definition) is 2. The summed E-state index contributed by atoms with van der Waals surface area (Å²) < 4.78 is 34.8. The fraction of sp³-hybridized carbons (Fsp3) is 0.690. The van der Waals surface area contributed by atoms with E-state index in [1.165, 1.54) is 14.2 Å². The molecule has 0 saturated carbocycles. The molecule has 0 radical (unpaired) electrons. The molecule has 0 aliphatic carbocycles. The van der Waals surface area contributed by atoms with Crippen LogP contribution in [0.2, 0.25) is 0 Å². The second-order valence-corrected chi connectivity index (χ2v) is 14.7. The first-order chi connectivity index (χ1) is 18.2. The highest BCUT2D eigenvalue weighted by Crippen LogP contribution is 2.34. The van der Waals surface area contributed by atoms with E-state index in [1.807, 2.05) is 38.1 Å². The molecule has 0 saturated heterocycles. The molecule has 0 bridgehead atoms. The number of ether oxygens (including phenoxy) is 2. The SMILES string of the molecule is COC(=O)[C@H](C)Cc1cccc(C(C)(CCCC(C)(C)CS(=O)(=O)CCO)C(=O)NN(C)C(=O)OC(C)(C)C)c1. The lowest BCUT2D eigenvalue weighted by Crippen LogP contribution is -2.52. The van der Waals surface area contributed by atoms with Crippen molar-refractivity contribution in [2.45, 2.75) is 85.2 Å². The van der Waals surface area contributed by atoms with E-state index in [1.54, 1.807) is 34.6 Å². The topological polar surface area (TPSA) is 139 Å². The van der Waals surface area contributed by atoms with Crippen molar-refractivity contribution in [3.63, 3.8) is 0 Å². The normalized spacial score (nSPS) is 14.6. The molecular formula is C29H48N2O8S. The number of methoxy groups -OCH3 is 1. The first-order valence-corrected chi connectivity index (χ1v) is 15.3. The van der Waals surface area contributed by atoms with Crippen molar-refractivity contribution in [3.05, 3.63) is 35.4 Å². The molecule has 11 heteroatoms. The highest BCUT2D eigenvalue weighted by Gasteiger charge is 2.38. The van der Waals surface area contributed by atoms with E-state index in [2.05, 4.69) is 5.43 Å². The predicted molar refractivity (Wildman–Crippen MR) is 154 cm³/mol. The molecule has 0 aliphatic rings. The summed E-state index contributed by atoms with van der Waals surface area (Å²) >= 11 is 0. The maximum Gasteiger partial charge on any atom is 0.428 e. The van der Waals surface area contributed by atoms with Crippen LogP contribution in [0.25, 0.3) is 0 Å². The molecule has 2 amide bonds. The fourth-order valence-corrected chi connectivity index (χ4v) is 6.28. The van der Waals surface area contributed by atoms with Gasteiger partial charge in [0.05, 0.1) is 36.6 Å². The van der Waals surface area contributed by atoms with Crippen LogP contribution in [0.15, 0.2) is 24.3 Å². The van der Waals surface area contributed by atoms with Gasteiger partial charge < -0.3 is 14.6 Å². The Morgan fingerprint density at radius 3 is 2.25 bits per heavy atom. The average molecular weight is 585 g/mol. The second kappa shape index (κ2) is 14.3. The van der Waals surface area contributed by atoms with E-state index < -0.39 is 44.9 Å². The van der Waals surface area contributed by atoms with Crippen LogP contribution in [-0.2, 0) is 40.7 Å². The summed E-state index contributed by atoms with van der Waals surface area (Å²) in [6, 6.07) is 7.41. The summed E-state index contributed by atoms with van der Waals surface area (Å²) in [6.45, 7) is 12.0. The van der Waals surface area contributed by atoms with E-state index in [9.17, 15) is 22.8 Å². The Kier molecular flexibility index (Phi) is 12.6. The summed E-state index contributed by atoms with van der Waals surface area (Å²) in [5.74, 6) is -1.50. The number of carbonyl (C=O) groups excluding carboxylic acids is 3. The minimum Gasteiger partial charge on any atom is -0.469 e. The van der Waals surface area contributed by atoms with Gasteiger partial charge in [-0.15, -0.1) is 0 Å². The van der Waals surface area contributed by atoms with Crippen molar-refractivity contribution in [2.75, 3.05) is 32.3 Å². The fourth-order valence-electron chi connectivity index (χ4n) is 4.52. The van der Waals surface area contributed by atoms with E-state index in [4.69, 9.17) is 14.6 Å². The van der Waals surface area contributed by atoms with Crippen LogP contribution in [0.5, 0.6) is 0 Å². The standard InChI is InChI=1S/C29H48N2O8S/c1-21(24(33)38-9)18-22-12-10-13-23(19-22)29(7,25(34)30-31(8)26(35)39-27(2,3)4)15-11-14-28(5,6)20-40(36,37)17-16-32/h10,12-13,19,21,32H,11,14-18,20H2,1-9H3,(H,30,34)/t21-,29?/m1/s1. The summed E-state index contributed by atoms with van der Waals surface area (Å²) in [5, 5.41) is 10.1. The van der Waals surface area contributed by atoms with Crippen molar-refractivity contribution in [1.29, 1.82) is 0 Å². The smallest absolute Gasteiger partial charge is 0.428 e. The Morgan fingerprint density at radius 2 is 1.70 bits per heavy atom. The number of rotatable bonds is 13. The Morgan fingerprint density at radius 1 is 1.07 bits per heavy atom. The third-order valence-corrected chi connectivity index (χ3v) is 8.72. The summed E-state index contributed by atoms with van der Waals surface area (Å²) in [5.41, 5.74) is 1.79. The van der Waals surface area contributed by atoms with Crippen molar-refractivity contribution < 1.29 is 37.4 Å². The van der Waals surface area contributed by atoms with Crippen LogP contribution in [-0.4, -0.2) is 74.4 Å². The molecular weight excluding hydrogens is 536 g/mol. The van der Waals surface area contributed by atoms with Crippen LogP contribution < -0.4 is 5.43 Å². The van der Waals surface area contributed by atoms with Gasteiger partial charge in [0.1, 0.15) is 5.60 Å². The number of amides is 2. The molecule has 0 fully saturated rings. The molecule has 1 rings (SSSR count). The van der Waals surface area contributed by atoms with Gasteiger partial charge >= 0.3 is 12.1 Å². The number of carbonyl (C=O) groups is 3. The number of nitrogens with one attached hydrogen (secondary N) is 1. The Hall–Kier alpha value is -2.66. The molecule has 2 atom stereocenters. The van der Waals surface area contributed by atoms with E-state index in [0.717, 1.165) is 10.6 Å². The highest BCUT2D eigenvalue weighted by molar-refractivity contribution is 7.91. The second-order valence-electron chi connectivity index (χ2n) is 12.5. The Labute approximate surface area is 239 Å². The van der Waals surface area contributed by atoms with Crippen molar-refractivity contribution in [2.24, 2.45) is 11.3 Å². The largest absolute Gasteiger partial charge is 0.469 e. The minimum absolute atomic E-state index is 0.0776. The Bertz CT molecular complexity index is 1130. The molecule has 0 aliphatic heterocycles. The van der Waals surface area contributed by atoms with Gasteiger partial charge in [0, 0.05) is 7.05 Å². The van der Waals surface area contributed by atoms with Gasteiger partial charge in [-0.1, -0.05) is 51.5 Å². The average Bonchev–Trinajstić information content (AvgIpc) is 2.81. The molecule has 0 spiro atoms. The number of aliphatic hydroxyl groups excluding tert-OH is 1. The molecule has 40 heavy (non-hydrogen) atoms. The van der Waals surface area contributed by atoms with Crippen LogP contribution in [0.4, 0.5) is 4.79 Å². The minimum atomic E-state index is -3.42. The van der Waals surface area contributed by atoms with Gasteiger partial charge in [-0.3, -0.25) is 15.0 Å². The monoisotopic (exact) mass is 584 g/mol. The number of hydrazine groups is 1. The highest BCUT2D eigenvalue weighted by atomic mass is 32.2. The molecule has 2 N–H and O–H groups in total. The summed E-state index contributed by atoms with van der Waals surface area (Å²) in [6.07, 6.45) is 1.11. The number of aliphatic hydroxyl groups is 1. The first kappa shape index (κ1) is 35.4. The van der Waals surface area contributed by atoms with Crippen LogP contribution in [0, 0.1) is 11.3 Å².